The summed E-state index contributed by atoms with van der Waals surface area (Å²) < 4.78 is 40.3. The number of benzene rings is 1. The van der Waals surface area contributed by atoms with E-state index in [1.165, 1.54) is 24.3 Å². The second-order valence-electron chi connectivity index (χ2n) is 3.29. The summed E-state index contributed by atoms with van der Waals surface area (Å²) in [5, 5.41) is 0. The van der Waals surface area contributed by atoms with Gasteiger partial charge in [-0.05, 0) is 12.1 Å². The van der Waals surface area contributed by atoms with Gasteiger partial charge in [0, 0.05) is 6.92 Å². The van der Waals surface area contributed by atoms with Gasteiger partial charge in [0.25, 0.3) is 0 Å². The van der Waals surface area contributed by atoms with E-state index in [9.17, 15) is 22.8 Å². The second kappa shape index (κ2) is 4.99. The lowest BCUT2D eigenvalue weighted by Gasteiger charge is -2.11. The van der Waals surface area contributed by atoms with Crippen molar-refractivity contribution < 1.29 is 27.5 Å². The molecule has 0 aliphatic heterocycles. The molecule has 17 heavy (non-hydrogen) atoms. The van der Waals surface area contributed by atoms with Gasteiger partial charge in [-0.25, -0.2) is 0 Å². The Kier molecular flexibility index (Phi) is 3.88. The fraction of sp³-hybridized carbons (Fsp3) is 0.273. The van der Waals surface area contributed by atoms with E-state index in [1.54, 1.807) is 0 Å². The van der Waals surface area contributed by atoms with Gasteiger partial charge in [-0.1, -0.05) is 12.1 Å². The number of hydrogen-bond acceptors (Lipinski definition) is 3. The smallest absolute Gasteiger partial charge is 0.422 e. The molecular weight excluding hydrogens is 237 g/mol. The van der Waals surface area contributed by atoms with E-state index >= 15 is 0 Å². The summed E-state index contributed by atoms with van der Waals surface area (Å²) in [5.74, 6) is -1.87. The van der Waals surface area contributed by atoms with Crippen LogP contribution in [0.2, 0.25) is 0 Å². The second-order valence-corrected chi connectivity index (χ2v) is 3.29. The maximum Gasteiger partial charge on any atom is 0.422 e. The number of alkyl halides is 3. The summed E-state index contributed by atoms with van der Waals surface area (Å²) >= 11 is 0. The van der Waals surface area contributed by atoms with Crippen molar-refractivity contribution in [1.29, 1.82) is 0 Å². The van der Waals surface area contributed by atoms with E-state index in [2.05, 4.69) is 4.74 Å². The zero-order valence-electron chi connectivity index (χ0n) is 8.88. The predicted molar refractivity (Wildman–Crippen MR) is 53.0 cm³/mol. The van der Waals surface area contributed by atoms with Crippen LogP contribution < -0.4 is 4.74 Å². The summed E-state index contributed by atoms with van der Waals surface area (Å²) in [6, 6.07) is 5.32. The molecule has 0 N–H and O–H groups in total. The Bertz CT molecular complexity index is 438. The van der Waals surface area contributed by atoms with Gasteiger partial charge >= 0.3 is 6.18 Å². The Hall–Kier alpha value is -1.85. The monoisotopic (exact) mass is 246 g/mol. The Morgan fingerprint density at radius 2 is 1.82 bits per heavy atom. The Labute approximate surface area is 95.2 Å². The first-order chi connectivity index (χ1) is 7.81. The first-order valence-corrected chi connectivity index (χ1v) is 4.65. The lowest BCUT2D eigenvalue weighted by atomic mass is 10.1. The molecule has 1 aromatic rings. The molecule has 0 spiro atoms. The van der Waals surface area contributed by atoms with Crippen LogP contribution in [0.3, 0.4) is 0 Å². The minimum absolute atomic E-state index is 0.163. The van der Waals surface area contributed by atoms with E-state index < -0.39 is 24.3 Å². The standard InChI is InChI=1S/C11H9F3O3/c1-7(15)10(16)8-4-2-3-5-9(8)17-6-11(12,13)14/h2-5H,6H2,1H3. The molecule has 0 saturated carbocycles. The molecule has 0 aliphatic rings. The van der Waals surface area contributed by atoms with Crippen LogP contribution in [0.15, 0.2) is 24.3 Å². The molecular formula is C11H9F3O3. The van der Waals surface area contributed by atoms with Gasteiger partial charge in [-0.2, -0.15) is 13.2 Å². The van der Waals surface area contributed by atoms with Crippen LogP contribution >= 0.6 is 0 Å². The molecule has 0 saturated heterocycles. The summed E-state index contributed by atoms with van der Waals surface area (Å²) in [5.41, 5.74) is -0.163. The van der Waals surface area contributed by atoms with Crippen molar-refractivity contribution >= 4 is 11.6 Å². The highest BCUT2D eigenvalue weighted by Gasteiger charge is 2.29. The van der Waals surface area contributed by atoms with E-state index in [-0.39, 0.29) is 11.3 Å². The molecule has 0 atom stereocenters. The summed E-state index contributed by atoms with van der Waals surface area (Å²) in [6.45, 7) is -0.460. The highest BCUT2D eigenvalue weighted by atomic mass is 19.4. The van der Waals surface area contributed by atoms with Crippen molar-refractivity contribution in [3.05, 3.63) is 29.8 Å². The van der Waals surface area contributed by atoms with Crippen LogP contribution in [-0.2, 0) is 4.79 Å². The number of ether oxygens (including phenoxy) is 1. The topological polar surface area (TPSA) is 43.4 Å². The van der Waals surface area contributed by atoms with Crippen molar-refractivity contribution in [2.24, 2.45) is 0 Å². The highest BCUT2D eigenvalue weighted by molar-refractivity contribution is 6.43. The number of hydrogen-bond donors (Lipinski definition) is 0. The van der Waals surface area contributed by atoms with Gasteiger partial charge in [0.05, 0.1) is 5.56 Å². The molecule has 0 unspecified atom stereocenters. The lowest BCUT2D eigenvalue weighted by Crippen LogP contribution is -2.21. The van der Waals surface area contributed by atoms with Crippen molar-refractivity contribution in [2.75, 3.05) is 6.61 Å². The molecule has 92 valence electrons. The molecule has 0 aliphatic carbocycles. The largest absolute Gasteiger partial charge is 0.483 e. The van der Waals surface area contributed by atoms with Gasteiger partial charge in [0.15, 0.2) is 12.4 Å². The maximum absolute atomic E-state index is 12.0. The number of rotatable bonds is 4. The molecule has 1 rings (SSSR count). The molecule has 0 radical (unpaired) electrons. The Morgan fingerprint density at radius 3 is 2.35 bits per heavy atom. The van der Waals surface area contributed by atoms with Crippen LogP contribution in [0.4, 0.5) is 13.2 Å². The van der Waals surface area contributed by atoms with Crippen LogP contribution in [0.1, 0.15) is 17.3 Å². The van der Waals surface area contributed by atoms with Crippen LogP contribution in [-0.4, -0.2) is 24.3 Å². The molecule has 0 heterocycles. The van der Waals surface area contributed by atoms with Crippen LogP contribution in [0, 0.1) is 0 Å². The molecule has 1 aromatic carbocycles. The number of carbonyl (C=O) groups excluding carboxylic acids is 2. The number of Topliss-reactive ketones (excluding diaryl/α,β-unsaturated/α-hetero) is 2. The first kappa shape index (κ1) is 13.2. The van der Waals surface area contributed by atoms with E-state index in [1.807, 2.05) is 0 Å². The third-order valence-corrected chi connectivity index (χ3v) is 1.84. The van der Waals surface area contributed by atoms with Gasteiger partial charge in [0.2, 0.25) is 5.78 Å². The number of halogens is 3. The first-order valence-electron chi connectivity index (χ1n) is 4.65. The summed E-state index contributed by atoms with van der Waals surface area (Å²) in [6.07, 6.45) is -4.49. The molecule has 0 bridgehead atoms. The molecule has 6 heteroatoms. The van der Waals surface area contributed by atoms with E-state index in [0.717, 1.165) is 6.92 Å². The van der Waals surface area contributed by atoms with Crippen molar-refractivity contribution in [3.8, 4) is 5.75 Å². The minimum Gasteiger partial charge on any atom is -0.483 e. The number of para-hydroxylation sites is 1. The van der Waals surface area contributed by atoms with Gasteiger partial charge < -0.3 is 4.74 Å². The number of ketones is 2. The SMILES string of the molecule is CC(=O)C(=O)c1ccccc1OCC(F)(F)F. The normalized spacial score (nSPS) is 11.1. The zero-order chi connectivity index (χ0) is 13.1. The van der Waals surface area contributed by atoms with Gasteiger partial charge in [0.1, 0.15) is 5.75 Å². The van der Waals surface area contributed by atoms with Crippen LogP contribution in [0.25, 0.3) is 0 Å². The average molecular weight is 246 g/mol. The molecule has 3 nitrogen and oxygen atoms in total. The highest BCUT2D eigenvalue weighted by Crippen LogP contribution is 2.22. The Morgan fingerprint density at radius 1 is 1.24 bits per heavy atom. The van der Waals surface area contributed by atoms with Crippen molar-refractivity contribution in [2.45, 2.75) is 13.1 Å². The third kappa shape index (κ3) is 3.90. The molecule has 0 fully saturated rings. The Balaban J connectivity index is 2.93. The fourth-order valence-corrected chi connectivity index (χ4v) is 1.13. The van der Waals surface area contributed by atoms with Crippen molar-refractivity contribution in [1.82, 2.24) is 0 Å². The van der Waals surface area contributed by atoms with E-state index in [0.29, 0.717) is 0 Å². The lowest BCUT2D eigenvalue weighted by molar-refractivity contribution is -0.153. The predicted octanol–water partition coefficient (Wildman–Crippen LogP) is 2.40. The molecule has 0 amide bonds. The quantitative estimate of drug-likeness (QED) is 0.605. The van der Waals surface area contributed by atoms with E-state index in [4.69, 9.17) is 0 Å². The maximum atomic E-state index is 12.0. The fourth-order valence-electron chi connectivity index (χ4n) is 1.13. The van der Waals surface area contributed by atoms with Crippen molar-refractivity contribution in [3.63, 3.8) is 0 Å². The average Bonchev–Trinajstić information content (AvgIpc) is 2.24. The zero-order valence-corrected chi connectivity index (χ0v) is 8.88. The van der Waals surface area contributed by atoms with Gasteiger partial charge in [-0.3, -0.25) is 9.59 Å². The molecule has 0 aromatic heterocycles. The van der Waals surface area contributed by atoms with Crippen LogP contribution in [0.5, 0.6) is 5.75 Å². The summed E-state index contributed by atoms with van der Waals surface area (Å²) in [4.78, 5) is 22.2. The minimum atomic E-state index is -4.49. The van der Waals surface area contributed by atoms with Gasteiger partial charge in [-0.15, -0.1) is 0 Å². The number of carbonyl (C=O) groups is 2. The third-order valence-electron chi connectivity index (χ3n) is 1.84. The summed E-state index contributed by atoms with van der Waals surface area (Å²) in [7, 11) is 0.